The summed E-state index contributed by atoms with van der Waals surface area (Å²) >= 11 is 0. The van der Waals surface area contributed by atoms with Crippen LogP contribution in [0.3, 0.4) is 0 Å². The zero-order valence-corrected chi connectivity index (χ0v) is 10.8. The van der Waals surface area contributed by atoms with E-state index in [-0.39, 0.29) is 5.56 Å². The highest BCUT2D eigenvalue weighted by Gasteiger charge is 2.25. The van der Waals surface area contributed by atoms with Crippen LogP contribution in [0.5, 0.6) is 0 Å². The van der Waals surface area contributed by atoms with Crippen LogP contribution in [0.2, 0.25) is 0 Å². The number of carbonyl (C=O) groups is 1. The Balaban J connectivity index is 2.29. The number of carboxylic acids is 1. The predicted octanol–water partition coefficient (Wildman–Crippen LogP) is 1.90. The van der Waals surface area contributed by atoms with Gasteiger partial charge in [-0.1, -0.05) is 24.3 Å². The number of rotatable bonds is 1. The molecule has 0 unspecified atom stereocenters. The monoisotopic (exact) mass is 253 g/mol. The molecule has 0 N–H and O–H groups in total. The van der Waals surface area contributed by atoms with E-state index in [1.54, 1.807) is 12.1 Å². The fourth-order valence-electron chi connectivity index (χ4n) is 2.60. The van der Waals surface area contributed by atoms with Crippen molar-refractivity contribution in [2.45, 2.75) is 0 Å². The molecule has 19 heavy (non-hydrogen) atoms. The minimum absolute atomic E-state index is 0.210. The number of para-hydroxylation sites is 3. The lowest BCUT2D eigenvalue weighted by Gasteiger charge is -2.37. The third-order valence-corrected chi connectivity index (χ3v) is 3.54. The van der Waals surface area contributed by atoms with E-state index in [0.717, 1.165) is 17.1 Å². The maximum absolute atomic E-state index is 11.3. The first-order chi connectivity index (χ1) is 9.11. The van der Waals surface area contributed by atoms with Crippen LogP contribution in [0.25, 0.3) is 0 Å². The Morgan fingerprint density at radius 3 is 2.11 bits per heavy atom. The van der Waals surface area contributed by atoms with Crippen LogP contribution >= 0.6 is 0 Å². The fourth-order valence-corrected chi connectivity index (χ4v) is 2.60. The molecular formula is C15H13N2O2-. The molecular weight excluding hydrogens is 240 g/mol. The van der Waals surface area contributed by atoms with Crippen molar-refractivity contribution >= 4 is 28.7 Å². The highest BCUT2D eigenvalue weighted by molar-refractivity contribution is 6.03. The molecule has 1 aliphatic rings. The molecule has 0 amide bonds. The molecule has 2 aromatic rings. The van der Waals surface area contributed by atoms with Crippen LogP contribution in [-0.4, -0.2) is 20.1 Å². The lowest BCUT2D eigenvalue weighted by molar-refractivity contribution is -0.254. The highest BCUT2D eigenvalue weighted by Crippen LogP contribution is 2.47. The van der Waals surface area contributed by atoms with Gasteiger partial charge >= 0.3 is 0 Å². The molecule has 0 fully saturated rings. The molecule has 0 bridgehead atoms. The van der Waals surface area contributed by atoms with Crippen molar-refractivity contribution in [3.63, 3.8) is 0 Å². The molecule has 0 radical (unpaired) electrons. The summed E-state index contributed by atoms with van der Waals surface area (Å²) in [5, 5.41) is 11.3. The predicted molar refractivity (Wildman–Crippen MR) is 73.3 cm³/mol. The maximum Gasteiger partial charge on any atom is 0.0741 e. The van der Waals surface area contributed by atoms with Crippen LogP contribution in [-0.2, 0) is 0 Å². The summed E-state index contributed by atoms with van der Waals surface area (Å²) in [5.41, 5.74) is 3.77. The van der Waals surface area contributed by atoms with Crippen molar-refractivity contribution in [3.8, 4) is 0 Å². The van der Waals surface area contributed by atoms with Gasteiger partial charge in [-0.25, -0.2) is 0 Å². The molecule has 0 aromatic heterocycles. The second kappa shape index (κ2) is 4.02. The van der Waals surface area contributed by atoms with E-state index < -0.39 is 5.97 Å². The molecule has 2 aromatic carbocycles. The molecule has 4 heteroatoms. The lowest BCUT2D eigenvalue weighted by Crippen LogP contribution is -2.30. The molecule has 0 spiro atoms. The maximum atomic E-state index is 11.3. The van der Waals surface area contributed by atoms with Gasteiger partial charge < -0.3 is 19.7 Å². The van der Waals surface area contributed by atoms with Gasteiger partial charge in [0, 0.05) is 19.7 Å². The van der Waals surface area contributed by atoms with Gasteiger partial charge in [-0.15, -0.1) is 0 Å². The van der Waals surface area contributed by atoms with E-state index in [2.05, 4.69) is 0 Å². The summed E-state index contributed by atoms with van der Waals surface area (Å²) in [7, 11) is 3.81. The molecule has 0 aliphatic carbocycles. The summed E-state index contributed by atoms with van der Waals surface area (Å²) in [4.78, 5) is 15.2. The highest BCUT2D eigenvalue weighted by atomic mass is 16.4. The third-order valence-electron chi connectivity index (χ3n) is 3.54. The number of carbonyl (C=O) groups excluding carboxylic acids is 1. The van der Waals surface area contributed by atoms with Crippen molar-refractivity contribution in [1.29, 1.82) is 0 Å². The largest absolute Gasteiger partial charge is 0.545 e. The SMILES string of the molecule is CN1c2ccccc2N(C)c2c(C(=O)[O-])cccc21. The van der Waals surface area contributed by atoms with Gasteiger partial charge in [0.15, 0.2) is 0 Å². The Labute approximate surface area is 111 Å². The van der Waals surface area contributed by atoms with Crippen LogP contribution < -0.4 is 14.9 Å². The molecule has 1 heterocycles. The molecule has 3 rings (SSSR count). The number of nitrogens with zero attached hydrogens (tertiary/aromatic N) is 2. The quantitative estimate of drug-likeness (QED) is 0.778. The fraction of sp³-hybridized carbons (Fsp3) is 0.133. The average Bonchev–Trinajstić information content (AvgIpc) is 2.44. The minimum Gasteiger partial charge on any atom is -0.545 e. The van der Waals surface area contributed by atoms with Gasteiger partial charge in [0.1, 0.15) is 0 Å². The van der Waals surface area contributed by atoms with Crippen molar-refractivity contribution in [2.75, 3.05) is 23.9 Å². The van der Waals surface area contributed by atoms with Crippen molar-refractivity contribution in [1.82, 2.24) is 0 Å². The van der Waals surface area contributed by atoms with E-state index in [1.807, 2.05) is 54.2 Å². The number of anilines is 4. The first-order valence-electron chi connectivity index (χ1n) is 6.02. The number of benzene rings is 2. The molecule has 0 atom stereocenters. The summed E-state index contributed by atoms with van der Waals surface area (Å²) < 4.78 is 0. The van der Waals surface area contributed by atoms with E-state index >= 15 is 0 Å². The summed E-state index contributed by atoms with van der Waals surface area (Å²) in [6.45, 7) is 0. The third kappa shape index (κ3) is 1.57. The van der Waals surface area contributed by atoms with Crippen LogP contribution in [0.15, 0.2) is 42.5 Å². The Bertz CT molecular complexity index is 667. The first-order valence-corrected chi connectivity index (χ1v) is 6.02. The second-order valence-electron chi connectivity index (χ2n) is 4.57. The van der Waals surface area contributed by atoms with E-state index in [9.17, 15) is 9.90 Å². The number of fused-ring (bicyclic) bond motifs is 2. The number of hydrogen-bond acceptors (Lipinski definition) is 4. The summed E-state index contributed by atoms with van der Waals surface area (Å²) in [6.07, 6.45) is 0. The van der Waals surface area contributed by atoms with E-state index in [0.29, 0.717) is 5.69 Å². The zero-order valence-electron chi connectivity index (χ0n) is 10.8. The number of aromatic carboxylic acids is 1. The van der Waals surface area contributed by atoms with Gasteiger partial charge in [0.25, 0.3) is 0 Å². The Hall–Kier alpha value is -2.49. The first kappa shape index (κ1) is 11.6. The smallest absolute Gasteiger partial charge is 0.0741 e. The average molecular weight is 253 g/mol. The van der Waals surface area contributed by atoms with E-state index in [1.165, 1.54) is 0 Å². The van der Waals surface area contributed by atoms with Gasteiger partial charge in [-0.05, 0) is 18.2 Å². The van der Waals surface area contributed by atoms with Crippen molar-refractivity contribution < 1.29 is 9.90 Å². The van der Waals surface area contributed by atoms with Gasteiger partial charge in [-0.2, -0.15) is 0 Å². The summed E-state index contributed by atoms with van der Waals surface area (Å²) in [6, 6.07) is 13.1. The normalized spacial score (nSPS) is 12.9. The minimum atomic E-state index is -1.16. The molecule has 0 saturated carbocycles. The number of hydrogen-bond donors (Lipinski definition) is 0. The van der Waals surface area contributed by atoms with Crippen molar-refractivity contribution in [2.24, 2.45) is 0 Å². The van der Waals surface area contributed by atoms with Gasteiger partial charge in [-0.3, -0.25) is 0 Å². The lowest BCUT2D eigenvalue weighted by atomic mass is 10.0. The zero-order chi connectivity index (χ0) is 13.6. The van der Waals surface area contributed by atoms with Gasteiger partial charge in [0.05, 0.1) is 28.7 Å². The number of carboxylic acid groups (broad SMARTS) is 1. The summed E-state index contributed by atoms with van der Waals surface area (Å²) in [5.74, 6) is -1.16. The molecule has 1 aliphatic heterocycles. The van der Waals surface area contributed by atoms with E-state index in [4.69, 9.17) is 0 Å². The second-order valence-corrected chi connectivity index (χ2v) is 4.57. The van der Waals surface area contributed by atoms with Crippen molar-refractivity contribution in [3.05, 3.63) is 48.0 Å². The Morgan fingerprint density at radius 2 is 1.47 bits per heavy atom. The van der Waals surface area contributed by atoms with Crippen LogP contribution in [0.4, 0.5) is 22.7 Å². The Kier molecular flexibility index (Phi) is 2.45. The topological polar surface area (TPSA) is 46.6 Å². The molecule has 0 saturated heterocycles. The van der Waals surface area contributed by atoms with Crippen LogP contribution in [0.1, 0.15) is 10.4 Å². The molecule has 4 nitrogen and oxygen atoms in total. The Morgan fingerprint density at radius 1 is 0.895 bits per heavy atom. The standard InChI is InChI=1S/C15H14N2O2/c1-16-11-7-3-4-8-12(11)17(2)14-10(15(18)19)6-5-9-13(14)16/h3-9H,1-2H3,(H,18,19)/p-1. The van der Waals surface area contributed by atoms with Gasteiger partial charge in [0.2, 0.25) is 0 Å². The van der Waals surface area contributed by atoms with Crippen LogP contribution in [0, 0.1) is 0 Å². The molecule has 96 valence electrons.